The predicted molar refractivity (Wildman–Crippen MR) is 118 cm³/mol. The minimum absolute atomic E-state index is 0.0113. The highest BCUT2D eigenvalue weighted by Gasteiger charge is 2.23. The molecule has 1 saturated carbocycles. The van der Waals surface area contributed by atoms with E-state index >= 15 is 0 Å². The highest BCUT2D eigenvalue weighted by Crippen LogP contribution is 2.31. The second kappa shape index (κ2) is 9.47. The third kappa shape index (κ3) is 5.30. The first-order chi connectivity index (χ1) is 14.2. The fourth-order valence-electron chi connectivity index (χ4n) is 4.02. The van der Waals surface area contributed by atoms with E-state index < -0.39 is 0 Å². The summed E-state index contributed by atoms with van der Waals surface area (Å²) < 4.78 is 2.10. The van der Waals surface area contributed by atoms with Crippen LogP contribution >= 0.6 is 11.6 Å². The van der Waals surface area contributed by atoms with Gasteiger partial charge in [0.15, 0.2) is 0 Å². The van der Waals surface area contributed by atoms with Crippen LogP contribution in [-0.2, 0) is 4.79 Å². The fourth-order valence-corrected chi connectivity index (χ4v) is 4.22. The molecule has 0 saturated heterocycles. The molecule has 0 bridgehead atoms. The molecule has 2 aromatic heterocycles. The Balaban J connectivity index is 1.65. The Kier molecular flexibility index (Phi) is 6.97. The summed E-state index contributed by atoms with van der Waals surface area (Å²) in [4.78, 5) is 32.3. The Hall–Kier alpha value is -2.61. The molecule has 1 aliphatic rings. The molecule has 0 aromatic carbocycles. The highest BCUT2D eigenvalue weighted by atomic mass is 35.5. The van der Waals surface area contributed by atoms with Crippen molar-refractivity contribution < 1.29 is 9.59 Å². The van der Waals surface area contributed by atoms with Crippen molar-refractivity contribution in [1.82, 2.24) is 25.2 Å². The average molecular weight is 433 g/mol. The quantitative estimate of drug-likeness (QED) is 0.663. The number of nitrogens with zero attached hydrogens (tertiary/aromatic N) is 3. The number of carbonyl (C=O) groups excluding carboxylic acids is 2. The van der Waals surface area contributed by atoms with Crippen LogP contribution in [0.2, 0.25) is 5.02 Å². The number of aromatic nitrogens is 3. The second-order valence-corrected chi connectivity index (χ2v) is 8.46. The van der Waals surface area contributed by atoms with Crippen molar-refractivity contribution in [3.05, 3.63) is 29.3 Å². The first kappa shape index (κ1) is 22.1. The zero-order chi connectivity index (χ0) is 21.8. The molecule has 0 unspecified atom stereocenters. The number of hydrogen-bond donors (Lipinski definition) is 3. The van der Waals surface area contributed by atoms with Gasteiger partial charge in [-0.05, 0) is 52.5 Å². The van der Waals surface area contributed by atoms with Crippen LogP contribution in [0.3, 0.4) is 0 Å². The van der Waals surface area contributed by atoms with E-state index in [1.807, 2.05) is 6.92 Å². The maximum atomic E-state index is 12.5. The van der Waals surface area contributed by atoms with Crippen LogP contribution < -0.4 is 16.0 Å². The Labute approximate surface area is 181 Å². The minimum atomic E-state index is -0.299. The van der Waals surface area contributed by atoms with Crippen molar-refractivity contribution in [2.75, 3.05) is 5.32 Å². The molecular weight excluding hydrogens is 404 g/mol. The van der Waals surface area contributed by atoms with Crippen molar-refractivity contribution in [3.8, 4) is 11.3 Å². The number of amides is 3. The summed E-state index contributed by atoms with van der Waals surface area (Å²) in [6.07, 6.45) is 6.68. The van der Waals surface area contributed by atoms with Gasteiger partial charge in [-0.3, -0.25) is 10.1 Å². The van der Waals surface area contributed by atoms with Crippen LogP contribution in [0.25, 0.3) is 11.3 Å². The minimum Gasteiger partial charge on any atom is -0.354 e. The molecule has 0 spiro atoms. The van der Waals surface area contributed by atoms with Crippen molar-refractivity contribution in [1.29, 1.82) is 0 Å². The number of nitrogens with one attached hydrogen (secondary N) is 3. The van der Waals surface area contributed by atoms with Crippen molar-refractivity contribution in [2.45, 2.75) is 71.5 Å². The number of imidazole rings is 1. The lowest BCUT2D eigenvalue weighted by Gasteiger charge is -2.29. The highest BCUT2D eigenvalue weighted by molar-refractivity contribution is 6.33. The molecular formula is C21H29ClN6O2. The number of rotatable bonds is 5. The molecule has 3 N–H and O–H groups in total. The Morgan fingerprint density at radius 3 is 2.33 bits per heavy atom. The summed E-state index contributed by atoms with van der Waals surface area (Å²) in [5.74, 6) is 1.31. The van der Waals surface area contributed by atoms with E-state index in [9.17, 15) is 9.59 Å². The topological polar surface area (TPSA) is 101 Å². The van der Waals surface area contributed by atoms with Gasteiger partial charge in [-0.1, -0.05) is 11.6 Å². The van der Waals surface area contributed by atoms with E-state index in [0.29, 0.717) is 10.8 Å². The van der Waals surface area contributed by atoms with Gasteiger partial charge in [0.1, 0.15) is 11.6 Å². The maximum absolute atomic E-state index is 12.5. The summed E-state index contributed by atoms with van der Waals surface area (Å²) in [6, 6.07) is 1.96. The van der Waals surface area contributed by atoms with Gasteiger partial charge >= 0.3 is 6.03 Å². The first-order valence-corrected chi connectivity index (χ1v) is 10.7. The van der Waals surface area contributed by atoms with Gasteiger partial charge in [-0.15, -0.1) is 0 Å². The van der Waals surface area contributed by atoms with E-state index in [4.69, 9.17) is 11.6 Å². The third-order valence-electron chi connectivity index (χ3n) is 5.34. The number of pyridine rings is 1. The molecule has 8 nitrogen and oxygen atoms in total. The van der Waals surface area contributed by atoms with Gasteiger partial charge in [-0.25, -0.2) is 14.8 Å². The number of urea groups is 1. The molecule has 1 aliphatic carbocycles. The average Bonchev–Trinajstić information content (AvgIpc) is 3.06. The lowest BCUT2D eigenvalue weighted by molar-refractivity contribution is -0.119. The number of halogens is 1. The largest absolute Gasteiger partial charge is 0.354 e. The molecule has 0 aliphatic heterocycles. The standard InChI is InChI=1S/C21H29ClN6O2/c1-12(2)28-13(3)23-11-19(28)17-9-20(24-10-18(17)22)27-21(30)26-16-7-5-15(6-8-16)25-14(4)29/h9-12,15-16H,5-8H2,1-4H3,(H,25,29)(H2,24,26,27,30). The molecule has 9 heteroatoms. The molecule has 2 heterocycles. The number of aryl methyl sites for hydroxylation is 1. The van der Waals surface area contributed by atoms with Crippen LogP contribution in [0.4, 0.5) is 10.6 Å². The Morgan fingerprint density at radius 2 is 1.73 bits per heavy atom. The van der Waals surface area contributed by atoms with Crippen LogP contribution in [0.5, 0.6) is 0 Å². The molecule has 162 valence electrons. The van der Waals surface area contributed by atoms with Crippen LogP contribution in [-0.4, -0.2) is 38.6 Å². The van der Waals surface area contributed by atoms with Gasteiger partial charge in [-0.2, -0.15) is 0 Å². The van der Waals surface area contributed by atoms with Gasteiger partial charge < -0.3 is 15.2 Å². The Morgan fingerprint density at radius 1 is 1.10 bits per heavy atom. The molecule has 3 rings (SSSR count). The van der Waals surface area contributed by atoms with Crippen LogP contribution in [0.1, 0.15) is 58.3 Å². The van der Waals surface area contributed by atoms with Crippen LogP contribution in [0, 0.1) is 6.92 Å². The van der Waals surface area contributed by atoms with Crippen molar-refractivity contribution >= 4 is 29.4 Å². The zero-order valence-electron chi connectivity index (χ0n) is 17.8. The normalized spacial score (nSPS) is 18.9. The van der Waals surface area contributed by atoms with E-state index in [-0.39, 0.29) is 30.1 Å². The van der Waals surface area contributed by atoms with E-state index in [1.54, 1.807) is 12.3 Å². The van der Waals surface area contributed by atoms with E-state index in [2.05, 4.69) is 44.3 Å². The molecule has 3 amide bonds. The number of hydrogen-bond acceptors (Lipinski definition) is 4. The number of anilines is 1. The van der Waals surface area contributed by atoms with Crippen molar-refractivity contribution in [2.24, 2.45) is 0 Å². The fraction of sp³-hybridized carbons (Fsp3) is 0.524. The van der Waals surface area contributed by atoms with Crippen LogP contribution in [0.15, 0.2) is 18.5 Å². The summed E-state index contributed by atoms with van der Waals surface area (Å²) in [5, 5.41) is 9.24. The molecule has 30 heavy (non-hydrogen) atoms. The monoisotopic (exact) mass is 432 g/mol. The lowest BCUT2D eigenvalue weighted by Crippen LogP contribution is -2.44. The SMILES string of the molecule is CC(=O)NC1CCC(NC(=O)Nc2cc(-c3cnc(C)n3C(C)C)c(Cl)cn2)CC1. The third-order valence-corrected chi connectivity index (χ3v) is 5.64. The first-order valence-electron chi connectivity index (χ1n) is 10.3. The van der Waals surface area contributed by atoms with E-state index in [1.165, 1.54) is 13.1 Å². The Bertz CT molecular complexity index is 918. The number of carbonyl (C=O) groups is 2. The zero-order valence-corrected chi connectivity index (χ0v) is 18.6. The van der Waals surface area contributed by atoms with Crippen molar-refractivity contribution in [3.63, 3.8) is 0 Å². The van der Waals surface area contributed by atoms with Gasteiger partial charge in [0.25, 0.3) is 0 Å². The summed E-state index contributed by atoms with van der Waals surface area (Å²) >= 11 is 6.40. The van der Waals surface area contributed by atoms with Gasteiger partial charge in [0.2, 0.25) is 5.91 Å². The van der Waals surface area contributed by atoms with E-state index in [0.717, 1.165) is 42.8 Å². The smallest absolute Gasteiger partial charge is 0.320 e. The molecule has 0 radical (unpaired) electrons. The van der Waals surface area contributed by atoms with Gasteiger partial charge in [0, 0.05) is 36.8 Å². The molecule has 1 fully saturated rings. The second-order valence-electron chi connectivity index (χ2n) is 8.05. The van der Waals surface area contributed by atoms with Gasteiger partial charge in [0.05, 0.1) is 16.9 Å². The lowest BCUT2D eigenvalue weighted by atomic mass is 9.91. The predicted octanol–water partition coefficient (Wildman–Crippen LogP) is 4.06. The summed E-state index contributed by atoms with van der Waals surface area (Å²) in [5.41, 5.74) is 1.65. The summed E-state index contributed by atoms with van der Waals surface area (Å²) in [6.45, 7) is 7.65. The molecule has 2 aromatic rings. The molecule has 0 atom stereocenters. The summed E-state index contributed by atoms with van der Waals surface area (Å²) in [7, 11) is 0. The maximum Gasteiger partial charge on any atom is 0.320 e.